The Kier molecular flexibility index (Phi) is 3.02. The van der Waals surface area contributed by atoms with Gasteiger partial charge in [-0.25, -0.2) is 0 Å². The van der Waals surface area contributed by atoms with Gasteiger partial charge in [-0.05, 0) is 0 Å². The lowest BCUT2D eigenvalue weighted by molar-refractivity contribution is 3.62. The first-order chi connectivity index (χ1) is 2.64. The van der Waals surface area contributed by atoms with Crippen LogP contribution in [-0.4, -0.2) is 8.39 Å². The predicted octanol–water partition coefficient (Wildman–Crippen LogP) is 0.735. The molecule has 0 aromatic heterocycles. The van der Waals surface area contributed by atoms with Crippen molar-refractivity contribution in [3.63, 3.8) is 0 Å². The van der Waals surface area contributed by atoms with Crippen LogP contribution in [0.25, 0.3) is 0 Å². The molecule has 0 aliphatic heterocycles. The first-order valence-electron chi connectivity index (χ1n) is 1.07. The molecule has 0 radical (unpaired) electrons. The van der Waals surface area contributed by atoms with Crippen molar-refractivity contribution >= 4 is 58.1 Å². The van der Waals surface area contributed by atoms with E-state index < -0.39 is 0 Å². The lowest BCUT2D eigenvalue weighted by atomic mass is 10.9. The largest absolute Gasteiger partial charge is 0.430 e. The molecule has 0 heterocycles. The lowest BCUT2D eigenvalue weighted by Gasteiger charge is -2.06. The van der Waals surface area contributed by atoms with E-state index in [0.29, 0.717) is 0 Å². The van der Waals surface area contributed by atoms with Crippen LogP contribution in [0.15, 0.2) is 0 Å². The fraction of sp³-hybridized carbons (Fsp3) is 0. The molecule has 0 amide bonds. The van der Waals surface area contributed by atoms with E-state index in [0.717, 1.165) is 0 Å². The third-order valence-electron chi connectivity index (χ3n) is 0.167. The van der Waals surface area contributed by atoms with Crippen molar-refractivity contribution in [3.05, 3.63) is 0 Å². The molecule has 0 saturated heterocycles. The van der Waals surface area contributed by atoms with Gasteiger partial charge in [0, 0.05) is 0 Å². The van der Waals surface area contributed by atoms with Gasteiger partial charge in [0.1, 0.15) is 0 Å². The number of thiocarbonyl (C=S) groups is 2. The summed E-state index contributed by atoms with van der Waals surface area (Å²) in [4.78, 5) is 0. The molecule has 0 aliphatic carbocycles. The second kappa shape index (κ2) is 2.74. The third-order valence-corrected chi connectivity index (χ3v) is 1.50. The fourth-order valence-corrected chi connectivity index (χ4v) is 0. The summed E-state index contributed by atoms with van der Waals surface area (Å²) in [5, 5.41) is 0. The summed E-state index contributed by atoms with van der Waals surface area (Å²) in [6.07, 6.45) is 0. The number of hydrogen-bond donors (Lipinski definition) is 0. The Morgan fingerprint density at radius 2 is 1.17 bits per heavy atom. The van der Waals surface area contributed by atoms with Gasteiger partial charge in [-0.1, -0.05) is 0 Å². The van der Waals surface area contributed by atoms with Gasteiger partial charge in [-0.2, -0.15) is 0 Å². The zero-order valence-corrected chi connectivity index (χ0v) is 5.90. The second-order valence-electron chi connectivity index (χ2n) is 0.575. The van der Waals surface area contributed by atoms with E-state index in [9.17, 15) is 0 Å². The maximum absolute atomic E-state index is 4.39. The van der Waals surface area contributed by atoms with Gasteiger partial charge < -0.3 is 49.7 Å². The molecule has 0 N–H and O–H groups in total. The van der Waals surface area contributed by atoms with E-state index in [1.54, 1.807) is 0 Å². The Morgan fingerprint density at radius 3 is 1.17 bits per heavy atom. The van der Waals surface area contributed by atoms with E-state index in [4.69, 9.17) is 0 Å². The van der Waals surface area contributed by atoms with Crippen LogP contribution >= 0.6 is 24.4 Å². The van der Waals surface area contributed by atoms with Crippen LogP contribution < -0.4 is 0 Å². The standard InChI is InChI=1S/C2H2S4/c3-1(4)2(5)6/h(H,3,4)(H,5,6)/p-2. The van der Waals surface area contributed by atoms with Crippen LogP contribution in [0.4, 0.5) is 0 Å². The minimum absolute atomic E-state index is 0.222. The van der Waals surface area contributed by atoms with Gasteiger partial charge in [0.2, 0.25) is 0 Å². The van der Waals surface area contributed by atoms with Crippen LogP contribution in [0.1, 0.15) is 0 Å². The molecule has 0 bridgehead atoms. The Labute approximate surface area is 58.1 Å². The smallest absolute Gasteiger partial charge is 0.141 e. The van der Waals surface area contributed by atoms with E-state index in [1.807, 2.05) is 0 Å². The molecular formula is C2S4-2. The molecule has 0 fully saturated rings. The summed E-state index contributed by atoms with van der Waals surface area (Å²) >= 11 is 17.6. The fourth-order valence-electron chi connectivity index (χ4n) is 0. The Bertz CT molecular complexity index is 71.5. The molecule has 0 rings (SSSR count). The van der Waals surface area contributed by atoms with Crippen LogP contribution in [0, 0.1) is 0 Å². The van der Waals surface area contributed by atoms with Gasteiger partial charge in [-0.3, -0.25) is 0 Å². The molecule has 0 spiro atoms. The summed E-state index contributed by atoms with van der Waals surface area (Å²) in [5.41, 5.74) is 0. The summed E-state index contributed by atoms with van der Waals surface area (Å²) in [6.45, 7) is 0. The highest BCUT2D eigenvalue weighted by Crippen LogP contribution is 1.75. The highest BCUT2D eigenvalue weighted by molar-refractivity contribution is 8.16. The molecule has 0 aliphatic rings. The van der Waals surface area contributed by atoms with Crippen LogP contribution in [0.5, 0.6) is 0 Å². The average Bonchev–Trinajstić information content (AvgIpc) is 1.36. The van der Waals surface area contributed by atoms with Crippen molar-refractivity contribution in [2.24, 2.45) is 0 Å². The molecule has 0 unspecified atom stereocenters. The minimum atomic E-state index is 0.222. The van der Waals surface area contributed by atoms with E-state index in [2.05, 4.69) is 49.7 Å². The van der Waals surface area contributed by atoms with Crippen molar-refractivity contribution in [3.8, 4) is 0 Å². The predicted molar refractivity (Wildman–Crippen MR) is 39.9 cm³/mol. The van der Waals surface area contributed by atoms with Crippen molar-refractivity contribution in [2.75, 3.05) is 0 Å². The molecule has 0 aromatic carbocycles. The topological polar surface area (TPSA) is 0 Å². The first-order valence-corrected chi connectivity index (χ1v) is 2.70. The van der Waals surface area contributed by atoms with Crippen LogP contribution in [0.3, 0.4) is 0 Å². The molecule has 34 valence electrons. The van der Waals surface area contributed by atoms with Crippen molar-refractivity contribution < 1.29 is 0 Å². The Balaban J connectivity index is 3.57. The number of rotatable bonds is 1. The van der Waals surface area contributed by atoms with Gasteiger partial charge >= 0.3 is 0 Å². The van der Waals surface area contributed by atoms with E-state index in [1.165, 1.54) is 0 Å². The Hall–Kier alpha value is 0.620. The van der Waals surface area contributed by atoms with Gasteiger partial charge in [0.15, 0.2) is 0 Å². The normalized spacial score (nSPS) is 7.33. The van der Waals surface area contributed by atoms with E-state index >= 15 is 0 Å². The minimum Gasteiger partial charge on any atom is -0.430 e. The number of hydrogen-bond acceptors (Lipinski definition) is 4. The molecule has 4 heteroatoms. The molecule has 0 aromatic rings. The van der Waals surface area contributed by atoms with Gasteiger partial charge in [0.05, 0.1) is 0 Å². The summed E-state index contributed by atoms with van der Waals surface area (Å²) in [7, 11) is 0. The van der Waals surface area contributed by atoms with Crippen molar-refractivity contribution in [1.29, 1.82) is 0 Å². The quantitative estimate of drug-likeness (QED) is 0.401. The zero-order valence-electron chi connectivity index (χ0n) is 2.63. The van der Waals surface area contributed by atoms with E-state index in [-0.39, 0.29) is 8.39 Å². The third kappa shape index (κ3) is 2.84. The monoisotopic (exact) mass is 152 g/mol. The van der Waals surface area contributed by atoms with Crippen LogP contribution in [0.2, 0.25) is 0 Å². The van der Waals surface area contributed by atoms with Crippen LogP contribution in [-0.2, 0) is 25.3 Å². The maximum Gasteiger partial charge on any atom is -0.141 e. The Morgan fingerprint density at radius 1 is 1.00 bits per heavy atom. The van der Waals surface area contributed by atoms with Gasteiger partial charge in [0.25, 0.3) is 0 Å². The molecule has 0 nitrogen and oxygen atoms in total. The zero-order chi connectivity index (χ0) is 5.15. The highest BCUT2D eigenvalue weighted by Gasteiger charge is 1.60. The summed E-state index contributed by atoms with van der Waals surface area (Å²) < 4.78 is 0.444. The van der Waals surface area contributed by atoms with Crippen molar-refractivity contribution in [1.82, 2.24) is 0 Å². The second-order valence-corrected chi connectivity index (χ2v) is 2.72. The average molecular weight is 152 g/mol. The molecular weight excluding hydrogens is 152 g/mol. The highest BCUT2D eigenvalue weighted by atomic mass is 32.1. The lowest BCUT2D eigenvalue weighted by Crippen LogP contribution is -1.97. The SMILES string of the molecule is S=C([S-])C(=S)[S-]. The molecule has 0 atom stereocenters. The molecule has 0 saturated carbocycles. The maximum atomic E-state index is 4.39. The first kappa shape index (κ1) is 6.62. The van der Waals surface area contributed by atoms with Crippen molar-refractivity contribution in [2.45, 2.75) is 0 Å². The molecule has 6 heavy (non-hydrogen) atoms. The summed E-state index contributed by atoms with van der Waals surface area (Å²) in [5.74, 6) is 0. The summed E-state index contributed by atoms with van der Waals surface area (Å²) in [6, 6.07) is 0. The van der Waals surface area contributed by atoms with Gasteiger partial charge in [-0.15, -0.1) is 8.39 Å².